The molecule has 0 aliphatic rings. The lowest BCUT2D eigenvalue weighted by atomic mass is 10.2. The smallest absolute Gasteiger partial charge is 0.0955 e. The number of hydroxylamine groups is 1. The third kappa shape index (κ3) is 2.29. The molecule has 5 heteroatoms. The Labute approximate surface area is 96.7 Å². The van der Waals surface area contributed by atoms with E-state index in [0.717, 1.165) is 20.2 Å². The van der Waals surface area contributed by atoms with Crippen molar-refractivity contribution in [3.05, 3.63) is 28.2 Å². The zero-order valence-corrected chi connectivity index (χ0v) is 9.77. The fourth-order valence-electron chi connectivity index (χ4n) is 1.36. The van der Waals surface area contributed by atoms with Crippen LogP contribution in [0.15, 0.2) is 18.2 Å². The molecule has 0 fully saturated rings. The maximum absolute atomic E-state index is 8.73. The summed E-state index contributed by atoms with van der Waals surface area (Å²) in [6.45, 7) is 1.90. The molecule has 0 aliphatic heterocycles. The zero-order chi connectivity index (χ0) is 10.8. The van der Waals surface area contributed by atoms with Gasteiger partial charge in [-0.2, -0.15) is 0 Å². The molecule has 2 rings (SSSR count). The normalized spacial score (nSPS) is 13.3. The average molecular weight is 243 g/mol. The number of thiazole rings is 1. The van der Waals surface area contributed by atoms with Crippen molar-refractivity contribution in [3.8, 4) is 0 Å². The van der Waals surface area contributed by atoms with Gasteiger partial charge in [0.15, 0.2) is 0 Å². The highest BCUT2D eigenvalue weighted by Crippen LogP contribution is 2.29. The van der Waals surface area contributed by atoms with Crippen molar-refractivity contribution in [2.45, 2.75) is 19.4 Å². The molecule has 0 saturated carbocycles. The van der Waals surface area contributed by atoms with Crippen LogP contribution in [0.5, 0.6) is 0 Å². The highest BCUT2D eigenvalue weighted by molar-refractivity contribution is 7.19. The van der Waals surface area contributed by atoms with E-state index in [9.17, 15) is 0 Å². The van der Waals surface area contributed by atoms with Gasteiger partial charge in [0.1, 0.15) is 0 Å². The van der Waals surface area contributed by atoms with E-state index in [2.05, 4.69) is 10.5 Å². The van der Waals surface area contributed by atoms with Crippen LogP contribution in [-0.4, -0.2) is 16.2 Å². The summed E-state index contributed by atoms with van der Waals surface area (Å²) in [5.41, 5.74) is 3.13. The van der Waals surface area contributed by atoms with Crippen molar-refractivity contribution in [2.75, 3.05) is 0 Å². The lowest BCUT2D eigenvalue weighted by molar-refractivity contribution is 0.133. The van der Waals surface area contributed by atoms with E-state index in [1.165, 1.54) is 0 Å². The van der Waals surface area contributed by atoms with Crippen LogP contribution in [0, 0.1) is 0 Å². The minimum atomic E-state index is 0.00402. The molecule has 0 aliphatic carbocycles. The Morgan fingerprint density at radius 1 is 1.60 bits per heavy atom. The van der Waals surface area contributed by atoms with Crippen LogP contribution in [0.3, 0.4) is 0 Å². The second kappa shape index (κ2) is 4.45. The first-order valence-electron chi connectivity index (χ1n) is 4.64. The Morgan fingerprint density at radius 3 is 3.07 bits per heavy atom. The molecule has 0 radical (unpaired) electrons. The van der Waals surface area contributed by atoms with Crippen molar-refractivity contribution >= 4 is 33.2 Å². The highest BCUT2D eigenvalue weighted by Gasteiger charge is 2.09. The molecule has 1 unspecified atom stereocenters. The standard InChI is InChI=1S/C10H11ClN2OS/c1-6(13-14)5-9-12-8-4-2-3-7(11)10(8)15-9/h2-4,6,13-14H,5H2,1H3. The van der Waals surface area contributed by atoms with Gasteiger partial charge in [0.05, 0.1) is 20.2 Å². The van der Waals surface area contributed by atoms with Gasteiger partial charge < -0.3 is 5.21 Å². The minimum absolute atomic E-state index is 0.00402. The maximum Gasteiger partial charge on any atom is 0.0955 e. The number of halogens is 1. The summed E-state index contributed by atoms with van der Waals surface area (Å²) in [5, 5.41) is 10.4. The number of nitrogens with one attached hydrogen (secondary N) is 1. The summed E-state index contributed by atoms with van der Waals surface area (Å²) in [5.74, 6) is 0. The molecule has 1 aromatic heterocycles. The first-order valence-corrected chi connectivity index (χ1v) is 5.83. The van der Waals surface area contributed by atoms with Gasteiger partial charge in [0.2, 0.25) is 0 Å². The van der Waals surface area contributed by atoms with Crippen molar-refractivity contribution < 1.29 is 5.21 Å². The summed E-state index contributed by atoms with van der Waals surface area (Å²) in [6.07, 6.45) is 0.701. The lowest BCUT2D eigenvalue weighted by Gasteiger charge is -2.04. The number of hydrogen-bond acceptors (Lipinski definition) is 4. The van der Waals surface area contributed by atoms with Gasteiger partial charge in [-0.25, -0.2) is 10.5 Å². The number of fused-ring (bicyclic) bond motifs is 1. The van der Waals surface area contributed by atoms with Crippen molar-refractivity contribution in [1.29, 1.82) is 0 Å². The van der Waals surface area contributed by atoms with E-state index in [1.807, 2.05) is 25.1 Å². The Hall–Kier alpha value is -0.680. The van der Waals surface area contributed by atoms with Gasteiger partial charge in [-0.15, -0.1) is 11.3 Å². The highest BCUT2D eigenvalue weighted by atomic mass is 35.5. The van der Waals surface area contributed by atoms with E-state index in [4.69, 9.17) is 16.8 Å². The van der Waals surface area contributed by atoms with Gasteiger partial charge in [-0.1, -0.05) is 17.7 Å². The predicted molar refractivity (Wildman–Crippen MR) is 62.7 cm³/mol. The van der Waals surface area contributed by atoms with Crippen LogP contribution < -0.4 is 5.48 Å². The van der Waals surface area contributed by atoms with E-state index in [1.54, 1.807) is 11.3 Å². The first-order chi connectivity index (χ1) is 7.20. The summed E-state index contributed by atoms with van der Waals surface area (Å²) in [6, 6.07) is 5.70. The van der Waals surface area contributed by atoms with Gasteiger partial charge in [-0.05, 0) is 19.1 Å². The van der Waals surface area contributed by atoms with Gasteiger partial charge in [-0.3, -0.25) is 0 Å². The van der Waals surface area contributed by atoms with Crippen molar-refractivity contribution in [1.82, 2.24) is 10.5 Å². The summed E-state index contributed by atoms with van der Waals surface area (Å²) in [4.78, 5) is 4.44. The van der Waals surface area contributed by atoms with Gasteiger partial charge >= 0.3 is 0 Å². The fraction of sp³-hybridized carbons (Fsp3) is 0.300. The molecule has 3 nitrogen and oxygen atoms in total. The Balaban J connectivity index is 2.35. The molecule has 1 heterocycles. The van der Waals surface area contributed by atoms with Crippen LogP contribution in [0.25, 0.3) is 10.2 Å². The first kappa shape index (κ1) is 10.8. The number of hydrogen-bond donors (Lipinski definition) is 2. The quantitative estimate of drug-likeness (QED) is 0.814. The SMILES string of the molecule is CC(Cc1nc2cccc(Cl)c2s1)NO. The predicted octanol–water partition coefficient (Wildman–Crippen LogP) is 2.86. The molecular formula is C10H11ClN2OS. The third-order valence-corrected chi connectivity index (χ3v) is 3.67. The number of rotatable bonds is 3. The fourth-order valence-corrected chi connectivity index (χ4v) is 2.74. The van der Waals surface area contributed by atoms with Crippen LogP contribution in [0.4, 0.5) is 0 Å². The van der Waals surface area contributed by atoms with E-state index in [-0.39, 0.29) is 6.04 Å². The molecule has 0 spiro atoms. The summed E-state index contributed by atoms with van der Waals surface area (Å²) in [7, 11) is 0. The average Bonchev–Trinajstić information content (AvgIpc) is 2.62. The second-order valence-corrected chi connectivity index (χ2v) is 4.92. The molecule has 1 atom stereocenters. The van der Waals surface area contributed by atoms with Crippen LogP contribution in [0.1, 0.15) is 11.9 Å². The molecule has 0 amide bonds. The van der Waals surface area contributed by atoms with Crippen molar-refractivity contribution in [3.63, 3.8) is 0 Å². The molecule has 1 aromatic carbocycles. The molecule has 2 aromatic rings. The maximum atomic E-state index is 8.73. The van der Waals surface area contributed by atoms with E-state index >= 15 is 0 Å². The van der Waals surface area contributed by atoms with Crippen molar-refractivity contribution in [2.24, 2.45) is 0 Å². The third-order valence-electron chi connectivity index (χ3n) is 2.11. The molecule has 2 N–H and O–H groups in total. The summed E-state index contributed by atoms with van der Waals surface area (Å²) < 4.78 is 1.01. The summed E-state index contributed by atoms with van der Waals surface area (Å²) >= 11 is 7.62. The minimum Gasteiger partial charge on any atom is -0.317 e. The number of nitrogens with zero attached hydrogens (tertiary/aromatic N) is 1. The Morgan fingerprint density at radius 2 is 2.40 bits per heavy atom. The molecule has 0 bridgehead atoms. The second-order valence-electron chi connectivity index (χ2n) is 3.43. The van der Waals surface area contributed by atoms with Crippen LogP contribution in [-0.2, 0) is 6.42 Å². The lowest BCUT2D eigenvalue weighted by Crippen LogP contribution is -2.24. The topological polar surface area (TPSA) is 45.2 Å². The monoisotopic (exact) mass is 242 g/mol. The number of aromatic nitrogens is 1. The van der Waals surface area contributed by atoms with Gasteiger partial charge in [0, 0.05) is 12.5 Å². The Bertz CT molecular complexity index is 471. The molecule has 80 valence electrons. The van der Waals surface area contributed by atoms with Crippen LogP contribution >= 0.6 is 22.9 Å². The zero-order valence-electron chi connectivity index (χ0n) is 8.20. The largest absolute Gasteiger partial charge is 0.317 e. The molecule has 0 saturated heterocycles. The van der Waals surface area contributed by atoms with Gasteiger partial charge in [0.25, 0.3) is 0 Å². The van der Waals surface area contributed by atoms with Crippen LogP contribution in [0.2, 0.25) is 5.02 Å². The number of benzene rings is 1. The Kier molecular flexibility index (Phi) is 3.21. The van der Waals surface area contributed by atoms with E-state index in [0.29, 0.717) is 6.42 Å². The van der Waals surface area contributed by atoms with E-state index < -0.39 is 0 Å². The molecule has 15 heavy (non-hydrogen) atoms. The molecular weight excluding hydrogens is 232 g/mol.